The molecule has 0 unspecified atom stereocenters. The summed E-state index contributed by atoms with van der Waals surface area (Å²) in [4.78, 5) is 12.5. The maximum atomic E-state index is 12.8. The van der Waals surface area contributed by atoms with Crippen LogP contribution in [-0.2, 0) is 29.4 Å². The third-order valence-corrected chi connectivity index (χ3v) is 6.94. The first-order chi connectivity index (χ1) is 12.2. The highest BCUT2D eigenvalue weighted by atomic mass is 32.2. The van der Waals surface area contributed by atoms with Gasteiger partial charge < -0.3 is 0 Å². The van der Waals surface area contributed by atoms with E-state index in [1.165, 1.54) is 4.68 Å². The number of hydrogen-bond donors (Lipinski definition) is 1. The SMILES string of the molecule is Cc1cc(C)c(C)c(S(=O)(=O)NCCn2nc3c(cc2=O)CCC3)c1C. The second-order valence-electron chi connectivity index (χ2n) is 7.02. The van der Waals surface area contributed by atoms with E-state index in [1.807, 2.05) is 33.8 Å². The van der Waals surface area contributed by atoms with Crippen LogP contribution in [0.2, 0.25) is 0 Å². The molecule has 2 aromatic rings. The van der Waals surface area contributed by atoms with Crippen LogP contribution >= 0.6 is 0 Å². The maximum absolute atomic E-state index is 12.8. The summed E-state index contributed by atoms with van der Waals surface area (Å²) in [5, 5.41) is 4.38. The third kappa shape index (κ3) is 3.46. The predicted octanol–water partition coefficient (Wildman–Crippen LogP) is 1.94. The van der Waals surface area contributed by atoms with E-state index in [0.29, 0.717) is 4.90 Å². The molecule has 3 rings (SSSR count). The molecular formula is C19H25N3O3S. The van der Waals surface area contributed by atoms with E-state index in [4.69, 9.17) is 0 Å². The number of rotatable bonds is 5. The Balaban J connectivity index is 1.79. The van der Waals surface area contributed by atoms with Crippen LogP contribution in [0.5, 0.6) is 0 Å². The summed E-state index contributed by atoms with van der Waals surface area (Å²) < 4.78 is 29.6. The zero-order valence-corrected chi connectivity index (χ0v) is 16.5. The molecule has 0 fully saturated rings. The fourth-order valence-electron chi connectivity index (χ4n) is 3.54. The smallest absolute Gasteiger partial charge is 0.267 e. The number of hydrogen-bond acceptors (Lipinski definition) is 4. The molecule has 1 aliphatic rings. The lowest BCUT2D eigenvalue weighted by molar-refractivity contribution is 0.541. The summed E-state index contributed by atoms with van der Waals surface area (Å²) in [6.45, 7) is 7.81. The molecule has 1 aliphatic carbocycles. The second-order valence-corrected chi connectivity index (χ2v) is 8.72. The number of fused-ring (bicyclic) bond motifs is 1. The van der Waals surface area contributed by atoms with Gasteiger partial charge in [-0.05, 0) is 74.8 Å². The molecule has 1 heterocycles. The highest BCUT2D eigenvalue weighted by molar-refractivity contribution is 7.89. The van der Waals surface area contributed by atoms with Crippen molar-refractivity contribution in [3.05, 3.63) is 56.0 Å². The number of aromatic nitrogens is 2. The Morgan fingerprint density at radius 1 is 1.08 bits per heavy atom. The molecule has 0 aliphatic heterocycles. The minimum Gasteiger partial charge on any atom is -0.268 e. The fourth-order valence-corrected chi connectivity index (χ4v) is 5.17. The molecule has 1 N–H and O–H groups in total. The van der Waals surface area contributed by atoms with E-state index in [-0.39, 0.29) is 18.6 Å². The van der Waals surface area contributed by atoms with Crippen LogP contribution in [0.1, 0.15) is 39.9 Å². The molecule has 0 amide bonds. The van der Waals surface area contributed by atoms with Gasteiger partial charge >= 0.3 is 0 Å². The zero-order chi connectivity index (χ0) is 19.1. The van der Waals surface area contributed by atoms with E-state index in [1.54, 1.807) is 6.07 Å². The molecular weight excluding hydrogens is 350 g/mol. The Morgan fingerprint density at radius 3 is 2.38 bits per heavy atom. The summed E-state index contributed by atoms with van der Waals surface area (Å²) in [7, 11) is -3.65. The van der Waals surface area contributed by atoms with Gasteiger partial charge in [0.15, 0.2) is 0 Å². The number of sulfonamides is 1. The lowest BCUT2D eigenvalue weighted by Gasteiger charge is -2.16. The van der Waals surface area contributed by atoms with Crippen molar-refractivity contribution in [3.63, 3.8) is 0 Å². The normalized spacial score (nSPS) is 13.8. The van der Waals surface area contributed by atoms with Crippen molar-refractivity contribution in [2.75, 3.05) is 6.54 Å². The molecule has 1 aromatic carbocycles. The molecule has 0 saturated carbocycles. The highest BCUT2D eigenvalue weighted by Gasteiger charge is 2.22. The maximum Gasteiger partial charge on any atom is 0.267 e. The third-order valence-electron chi connectivity index (χ3n) is 5.21. The van der Waals surface area contributed by atoms with Gasteiger partial charge in [-0.15, -0.1) is 0 Å². The number of benzene rings is 1. The van der Waals surface area contributed by atoms with Crippen molar-refractivity contribution in [1.82, 2.24) is 14.5 Å². The van der Waals surface area contributed by atoms with Crippen molar-refractivity contribution in [2.45, 2.75) is 58.4 Å². The molecule has 0 spiro atoms. The quantitative estimate of drug-likeness (QED) is 0.866. The van der Waals surface area contributed by atoms with Crippen molar-refractivity contribution in [3.8, 4) is 0 Å². The Bertz CT molecular complexity index is 997. The van der Waals surface area contributed by atoms with Crippen LogP contribution in [0.15, 0.2) is 21.8 Å². The van der Waals surface area contributed by atoms with Crippen molar-refractivity contribution < 1.29 is 8.42 Å². The summed E-state index contributed by atoms with van der Waals surface area (Å²) in [5.41, 5.74) is 5.21. The van der Waals surface area contributed by atoms with Crippen LogP contribution in [0, 0.1) is 27.7 Å². The van der Waals surface area contributed by atoms with E-state index in [2.05, 4.69) is 9.82 Å². The first-order valence-corrected chi connectivity index (χ1v) is 10.4. The van der Waals surface area contributed by atoms with E-state index >= 15 is 0 Å². The monoisotopic (exact) mass is 375 g/mol. The summed E-state index contributed by atoms with van der Waals surface area (Å²) in [6, 6.07) is 3.62. The van der Waals surface area contributed by atoms with Gasteiger partial charge in [0.1, 0.15) is 0 Å². The standard InChI is InChI=1S/C19H25N3O3S/c1-12-10-13(2)15(4)19(14(12)3)26(24,25)20-8-9-22-18(23)11-16-6-5-7-17(16)21-22/h10-11,20H,5-9H2,1-4H3. The highest BCUT2D eigenvalue weighted by Crippen LogP contribution is 2.25. The Labute approximate surface area is 154 Å². The molecule has 0 radical (unpaired) electrons. The van der Waals surface area contributed by atoms with Gasteiger partial charge in [0.2, 0.25) is 10.0 Å². The van der Waals surface area contributed by atoms with Crippen LogP contribution < -0.4 is 10.3 Å². The number of nitrogens with one attached hydrogen (secondary N) is 1. The van der Waals surface area contributed by atoms with Gasteiger partial charge in [0, 0.05) is 12.6 Å². The Kier molecular flexibility index (Phi) is 5.03. The van der Waals surface area contributed by atoms with Gasteiger partial charge in [0.05, 0.1) is 17.1 Å². The molecule has 140 valence electrons. The molecule has 1 aromatic heterocycles. The van der Waals surface area contributed by atoms with Gasteiger partial charge in [-0.25, -0.2) is 17.8 Å². The van der Waals surface area contributed by atoms with Crippen molar-refractivity contribution in [1.29, 1.82) is 0 Å². The molecule has 0 bridgehead atoms. The van der Waals surface area contributed by atoms with E-state index < -0.39 is 10.0 Å². The Morgan fingerprint density at radius 2 is 1.73 bits per heavy atom. The van der Waals surface area contributed by atoms with Crippen molar-refractivity contribution >= 4 is 10.0 Å². The van der Waals surface area contributed by atoms with Gasteiger partial charge in [-0.2, -0.15) is 5.10 Å². The predicted molar refractivity (Wildman–Crippen MR) is 101 cm³/mol. The lowest BCUT2D eigenvalue weighted by Crippen LogP contribution is -2.33. The van der Waals surface area contributed by atoms with Crippen LogP contribution in [0.25, 0.3) is 0 Å². The first kappa shape index (κ1) is 18.8. The first-order valence-electron chi connectivity index (χ1n) is 8.87. The Hall–Kier alpha value is -1.99. The minimum absolute atomic E-state index is 0.125. The topological polar surface area (TPSA) is 81.1 Å². The largest absolute Gasteiger partial charge is 0.268 e. The van der Waals surface area contributed by atoms with Crippen LogP contribution in [0.4, 0.5) is 0 Å². The van der Waals surface area contributed by atoms with Crippen LogP contribution in [-0.4, -0.2) is 24.7 Å². The lowest BCUT2D eigenvalue weighted by atomic mass is 10.0. The minimum atomic E-state index is -3.65. The second kappa shape index (κ2) is 6.96. The summed E-state index contributed by atoms with van der Waals surface area (Å²) in [5.74, 6) is 0. The fraction of sp³-hybridized carbons (Fsp3) is 0.474. The van der Waals surface area contributed by atoms with Gasteiger partial charge in [-0.1, -0.05) is 6.07 Å². The molecule has 6 nitrogen and oxygen atoms in total. The molecule has 0 atom stereocenters. The zero-order valence-electron chi connectivity index (χ0n) is 15.7. The van der Waals surface area contributed by atoms with E-state index in [9.17, 15) is 13.2 Å². The van der Waals surface area contributed by atoms with Crippen LogP contribution in [0.3, 0.4) is 0 Å². The van der Waals surface area contributed by atoms with Gasteiger partial charge in [-0.3, -0.25) is 4.79 Å². The number of nitrogens with zero attached hydrogens (tertiary/aromatic N) is 2. The van der Waals surface area contributed by atoms with Gasteiger partial charge in [0.25, 0.3) is 5.56 Å². The molecule has 0 saturated heterocycles. The number of aryl methyl sites for hydroxylation is 4. The molecule has 7 heteroatoms. The van der Waals surface area contributed by atoms with Crippen molar-refractivity contribution in [2.24, 2.45) is 0 Å². The average molecular weight is 375 g/mol. The van der Waals surface area contributed by atoms with E-state index in [0.717, 1.165) is 52.8 Å². The molecule has 26 heavy (non-hydrogen) atoms. The average Bonchev–Trinajstić information content (AvgIpc) is 3.00. The summed E-state index contributed by atoms with van der Waals surface area (Å²) >= 11 is 0. The summed E-state index contributed by atoms with van der Waals surface area (Å²) in [6.07, 6.45) is 2.79.